The largest absolute Gasteiger partial charge is 0.261 e. The molecule has 1 heterocycles. The molecule has 0 aliphatic carbocycles. The van der Waals surface area contributed by atoms with Crippen molar-refractivity contribution in [1.82, 2.24) is 4.98 Å². The van der Waals surface area contributed by atoms with Crippen LogP contribution >= 0.6 is 0 Å². The van der Waals surface area contributed by atoms with E-state index in [4.69, 9.17) is 0 Å². The Bertz CT molecular complexity index is 1230. The molecule has 0 saturated heterocycles. The molecule has 3 heteroatoms. The predicted octanol–water partition coefficient (Wildman–Crippen LogP) is 6.26. The number of hydrogen-bond acceptors (Lipinski definition) is 1. The summed E-state index contributed by atoms with van der Waals surface area (Å²) in [6, 6.07) is 20.2. The number of rotatable bonds is 4. The molecule has 0 amide bonds. The summed E-state index contributed by atoms with van der Waals surface area (Å²) in [5.41, 5.74) is 5.27. The fraction of sp³-hybridized carbons (Fsp3) is 0.148. The maximum Gasteiger partial charge on any atom is 0.159 e. The molecule has 0 atom stereocenters. The second-order valence-electron chi connectivity index (χ2n) is 7.29. The van der Waals surface area contributed by atoms with E-state index in [1.165, 1.54) is 23.3 Å². The average molecular weight is 397 g/mol. The van der Waals surface area contributed by atoms with Crippen molar-refractivity contribution in [1.29, 1.82) is 0 Å². The Kier molecular flexibility index (Phi) is 5.86. The van der Waals surface area contributed by atoms with Gasteiger partial charge in [-0.1, -0.05) is 43.0 Å². The molecule has 0 fully saturated rings. The summed E-state index contributed by atoms with van der Waals surface area (Å²) in [6.45, 7) is 2.13. The van der Waals surface area contributed by atoms with Gasteiger partial charge in [-0.2, -0.15) is 0 Å². The fourth-order valence-electron chi connectivity index (χ4n) is 3.30. The van der Waals surface area contributed by atoms with Crippen molar-refractivity contribution < 1.29 is 8.78 Å². The van der Waals surface area contributed by atoms with Crippen molar-refractivity contribution in [3.8, 4) is 11.8 Å². The summed E-state index contributed by atoms with van der Waals surface area (Å²) in [5, 5.41) is 1.29. The quantitative estimate of drug-likeness (QED) is 0.370. The van der Waals surface area contributed by atoms with E-state index in [2.05, 4.69) is 48.0 Å². The van der Waals surface area contributed by atoms with Crippen LogP contribution < -0.4 is 0 Å². The second-order valence-corrected chi connectivity index (χ2v) is 7.29. The molecular formula is C27H21F2N. The molecule has 148 valence electrons. The molecular weight excluding hydrogens is 376 g/mol. The lowest BCUT2D eigenvalue weighted by atomic mass is 10.0. The lowest BCUT2D eigenvalue weighted by Gasteiger charge is -2.03. The van der Waals surface area contributed by atoms with Crippen LogP contribution in [0.3, 0.4) is 0 Å². The van der Waals surface area contributed by atoms with Crippen molar-refractivity contribution in [3.63, 3.8) is 0 Å². The Morgan fingerprint density at radius 1 is 0.700 bits per heavy atom. The lowest BCUT2D eigenvalue weighted by molar-refractivity contribution is 0.511. The first-order valence-electron chi connectivity index (χ1n) is 10.0. The molecule has 30 heavy (non-hydrogen) atoms. The minimum absolute atomic E-state index is 0.636. The van der Waals surface area contributed by atoms with Crippen molar-refractivity contribution in [2.24, 2.45) is 0 Å². The van der Waals surface area contributed by atoms with Crippen LogP contribution in [-0.4, -0.2) is 4.98 Å². The maximum atomic E-state index is 13.5. The van der Waals surface area contributed by atoms with Gasteiger partial charge in [0, 0.05) is 23.0 Å². The average Bonchev–Trinajstić information content (AvgIpc) is 2.78. The highest BCUT2D eigenvalue weighted by Crippen LogP contribution is 2.19. The van der Waals surface area contributed by atoms with Gasteiger partial charge in [0.2, 0.25) is 0 Å². The number of nitrogens with zero attached hydrogens (tertiary/aromatic N) is 1. The highest BCUT2D eigenvalue weighted by molar-refractivity contribution is 5.84. The molecule has 0 aliphatic heterocycles. The Morgan fingerprint density at radius 2 is 1.37 bits per heavy atom. The van der Waals surface area contributed by atoms with Crippen LogP contribution in [0.4, 0.5) is 8.78 Å². The van der Waals surface area contributed by atoms with Gasteiger partial charge in [-0.05, 0) is 83.6 Å². The summed E-state index contributed by atoms with van der Waals surface area (Å²) in [7, 11) is 0. The van der Waals surface area contributed by atoms with Gasteiger partial charge in [0.15, 0.2) is 11.6 Å². The van der Waals surface area contributed by atoms with Crippen LogP contribution in [-0.2, 0) is 19.3 Å². The van der Waals surface area contributed by atoms with Crippen LogP contribution in [0.25, 0.3) is 10.8 Å². The van der Waals surface area contributed by atoms with E-state index in [1.807, 2.05) is 24.4 Å². The molecule has 0 unspecified atom stereocenters. The molecule has 0 N–H and O–H groups in total. The Hall–Kier alpha value is -3.51. The normalized spacial score (nSPS) is 10.6. The fourth-order valence-corrected chi connectivity index (χ4v) is 3.30. The topological polar surface area (TPSA) is 12.9 Å². The number of pyridine rings is 1. The zero-order chi connectivity index (χ0) is 20.9. The smallest absolute Gasteiger partial charge is 0.159 e. The molecule has 0 aliphatic rings. The molecule has 0 radical (unpaired) electrons. The van der Waals surface area contributed by atoms with Crippen LogP contribution in [0.1, 0.15) is 34.9 Å². The minimum Gasteiger partial charge on any atom is -0.261 e. The number of aryl methyl sites for hydroxylation is 3. The first-order valence-corrected chi connectivity index (χ1v) is 10.0. The number of fused-ring (bicyclic) bond motifs is 1. The van der Waals surface area contributed by atoms with E-state index in [0.717, 1.165) is 36.1 Å². The van der Waals surface area contributed by atoms with Gasteiger partial charge in [-0.25, -0.2) is 8.78 Å². The third kappa shape index (κ3) is 4.72. The van der Waals surface area contributed by atoms with E-state index < -0.39 is 11.6 Å². The first kappa shape index (κ1) is 19.8. The Balaban J connectivity index is 1.43. The van der Waals surface area contributed by atoms with Crippen molar-refractivity contribution in [3.05, 3.63) is 113 Å². The number of aromatic nitrogens is 1. The number of benzene rings is 3. The number of hydrogen-bond donors (Lipinski definition) is 0. The highest BCUT2D eigenvalue weighted by Gasteiger charge is 2.04. The molecule has 1 nitrogen and oxygen atoms in total. The molecule has 0 saturated carbocycles. The first-order chi connectivity index (χ1) is 14.6. The zero-order valence-corrected chi connectivity index (χ0v) is 16.8. The zero-order valence-electron chi connectivity index (χ0n) is 16.8. The van der Waals surface area contributed by atoms with E-state index in [0.29, 0.717) is 10.8 Å². The second kappa shape index (κ2) is 8.88. The molecule has 3 aromatic carbocycles. The van der Waals surface area contributed by atoms with Crippen LogP contribution in [0, 0.1) is 23.5 Å². The van der Waals surface area contributed by atoms with Gasteiger partial charge in [0.1, 0.15) is 0 Å². The van der Waals surface area contributed by atoms with Crippen LogP contribution in [0.15, 0.2) is 72.9 Å². The van der Waals surface area contributed by atoms with Gasteiger partial charge < -0.3 is 0 Å². The van der Waals surface area contributed by atoms with E-state index >= 15 is 0 Å². The Morgan fingerprint density at radius 3 is 2.07 bits per heavy atom. The van der Waals surface area contributed by atoms with E-state index in [-0.39, 0.29) is 0 Å². The summed E-state index contributed by atoms with van der Waals surface area (Å²) in [6.07, 6.45) is 4.79. The molecule has 4 rings (SSSR count). The van der Waals surface area contributed by atoms with E-state index in [9.17, 15) is 8.78 Å². The van der Waals surface area contributed by atoms with E-state index in [1.54, 1.807) is 12.1 Å². The van der Waals surface area contributed by atoms with Gasteiger partial charge in [0.05, 0.1) is 0 Å². The summed E-state index contributed by atoms with van der Waals surface area (Å²) >= 11 is 0. The SMILES string of the molecule is CCc1ccc(CCc2ccc(C#Cc3ccc4cc(F)c(F)cc4c3)cc2)nc1. The van der Waals surface area contributed by atoms with Crippen molar-refractivity contribution in [2.45, 2.75) is 26.2 Å². The van der Waals surface area contributed by atoms with Crippen LogP contribution in [0.5, 0.6) is 0 Å². The van der Waals surface area contributed by atoms with Crippen molar-refractivity contribution in [2.75, 3.05) is 0 Å². The lowest BCUT2D eigenvalue weighted by Crippen LogP contribution is -1.95. The van der Waals surface area contributed by atoms with Gasteiger partial charge in [-0.3, -0.25) is 4.98 Å². The third-order valence-electron chi connectivity index (χ3n) is 5.15. The van der Waals surface area contributed by atoms with Gasteiger partial charge in [-0.15, -0.1) is 0 Å². The third-order valence-corrected chi connectivity index (χ3v) is 5.15. The van der Waals surface area contributed by atoms with Crippen molar-refractivity contribution >= 4 is 10.8 Å². The molecule has 0 spiro atoms. The summed E-state index contributed by atoms with van der Waals surface area (Å²) in [4.78, 5) is 4.51. The highest BCUT2D eigenvalue weighted by atomic mass is 19.2. The van der Waals surface area contributed by atoms with Gasteiger partial charge in [0.25, 0.3) is 0 Å². The standard InChI is InChI=1S/C27H21F2N/c1-2-19-10-13-25(30-18-19)14-11-21-5-3-20(4-6-21)7-8-22-9-12-23-16-26(28)27(29)17-24(23)15-22/h3-6,9-10,12-13,15-18H,2,11,14H2,1H3. The van der Waals surface area contributed by atoms with Crippen LogP contribution in [0.2, 0.25) is 0 Å². The summed E-state index contributed by atoms with van der Waals surface area (Å²) < 4.78 is 26.8. The van der Waals surface area contributed by atoms with Gasteiger partial charge >= 0.3 is 0 Å². The maximum absolute atomic E-state index is 13.5. The molecule has 4 aromatic rings. The molecule has 0 bridgehead atoms. The number of halogens is 2. The molecule has 1 aromatic heterocycles. The monoisotopic (exact) mass is 397 g/mol. The summed E-state index contributed by atoms with van der Waals surface area (Å²) in [5.74, 6) is 4.55. The minimum atomic E-state index is -0.847. The Labute approximate surface area is 175 Å². The predicted molar refractivity (Wildman–Crippen MR) is 117 cm³/mol.